The molecule has 3 heteroatoms. The normalized spacial score (nSPS) is 9.77. The van der Waals surface area contributed by atoms with Gasteiger partial charge in [0.25, 0.3) is 0 Å². The minimum Gasteiger partial charge on any atom is -0.289 e. The Labute approximate surface area is 74.7 Å². The minimum absolute atomic E-state index is 0.242. The van der Waals surface area contributed by atoms with E-state index < -0.39 is 23.0 Å². The number of halogens is 2. The minimum atomic E-state index is -0.854. The number of carbonyl (C=O) groups excluding carboxylic acids is 1. The van der Waals surface area contributed by atoms with Gasteiger partial charge in [-0.1, -0.05) is 12.6 Å². The fourth-order valence-electron chi connectivity index (χ4n) is 0.985. The second-order valence-electron chi connectivity index (χ2n) is 2.62. The first kappa shape index (κ1) is 9.58. The molecule has 0 bridgehead atoms. The van der Waals surface area contributed by atoms with E-state index in [2.05, 4.69) is 6.58 Å². The van der Waals surface area contributed by atoms with Gasteiger partial charge in [0.05, 0.1) is 5.56 Å². The summed E-state index contributed by atoms with van der Waals surface area (Å²) in [5.41, 5.74) is -0.290. The molecule has 0 unspecified atom stereocenters. The molecular weight excluding hydrogens is 174 g/mol. The van der Waals surface area contributed by atoms with Gasteiger partial charge in [0.15, 0.2) is 5.78 Å². The van der Waals surface area contributed by atoms with Gasteiger partial charge in [-0.3, -0.25) is 4.79 Å². The molecule has 0 aliphatic carbocycles. The van der Waals surface area contributed by atoms with Crippen LogP contribution >= 0.6 is 0 Å². The SMILES string of the molecule is C=CC(=O)c1c(F)ccc(C)c1F. The number of hydrogen-bond acceptors (Lipinski definition) is 1. The topological polar surface area (TPSA) is 17.1 Å². The fourth-order valence-corrected chi connectivity index (χ4v) is 0.985. The van der Waals surface area contributed by atoms with Crippen molar-refractivity contribution in [3.63, 3.8) is 0 Å². The summed E-state index contributed by atoms with van der Waals surface area (Å²) in [5.74, 6) is -2.41. The number of rotatable bonds is 2. The highest BCUT2D eigenvalue weighted by atomic mass is 19.1. The van der Waals surface area contributed by atoms with E-state index in [0.717, 1.165) is 12.1 Å². The lowest BCUT2D eigenvalue weighted by molar-refractivity contribution is 0.103. The number of carbonyl (C=O) groups is 1. The summed E-state index contributed by atoms with van der Waals surface area (Å²) >= 11 is 0. The quantitative estimate of drug-likeness (QED) is 0.507. The van der Waals surface area contributed by atoms with Gasteiger partial charge in [-0.15, -0.1) is 0 Å². The second kappa shape index (κ2) is 3.47. The Morgan fingerprint density at radius 3 is 2.62 bits per heavy atom. The van der Waals surface area contributed by atoms with Gasteiger partial charge in [-0.2, -0.15) is 0 Å². The summed E-state index contributed by atoms with van der Waals surface area (Å²) in [5, 5.41) is 0. The molecule has 0 heterocycles. The van der Waals surface area contributed by atoms with E-state index in [1.165, 1.54) is 13.0 Å². The zero-order valence-electron chi connectivity index (χ0n) is 7.10. The highest BCUT2D eigenvalue weighted by molar-refractivity contribution is 6.04. The van der Waals surface area contributed by atoms with Gasteiger partial charge in [-0.05, 0) is 24.6 Å². The summed E-state index contributed by atoms with van der Waals surface area (Å²) < 4.78 is 26.2. The first-order valence-electron chi connectivity index (χ1n) is 3.69. The lowest BCUT2D eigenvalue weighted by Crippen LogP contribution is -2.04. The largest absolute Gasteiger partial charge is 0.289 e. The molecule has 0 aromatic heterocycles. The average Bonchev–Trinajstić information content (AvgIpc) is 2.12. The summed E-state index contributed by atoms with van der Waals surface area (Å²) in [6, 6.07) is 2.35. The molecule has 1 aromatic rings. The number of hydrogen-bond donors (Lipinski definition) is 0. The summed E-state index contributed by atoms with van der Waals surface area (Å²) in [6.07, 6.45) is 0.890. The van der Waals surface area contributed by atoms with Crippen LogP contribution in [0.3, 0.4) is 0 Å². The standard InChI is InChI=1S/C10H8F2O/c1-3-8(13)9-7(11)5-4-6(2)10(9)12/h3-5H,1H2,2H3. The van der Waals surface area contributed by atoms with Crippen LogP contribution in [0.2, 0.25) is 0 Å². The maximum atomic E-state index is 13.2. The first-order valence-corrected chi connectivity index (χ1v) is 3.69. The van der Waals surface area contributed by atoms with Crippen molar-refractivity contribution in [2.45, 2.75) is 6.92 Å². The van der Waals surface area contributed by atoms with Crippen LogP contribution in [-0.2, 0) is 0 Å². The van der Waals surface area contributed by atoms with E-state index in [0.29, 0.717) is 0 Å². The lowest BCUT2D eigenvalue weighted by Gasteiger charge is -2.02. The second-order valence-corrected chi connectivity index (χ2v) is 2.62. The van der Waals surface area contributed by atoms with Crippen molar-refractivity contribution >= 4 is 5.78 Å². The molecule has 0 amide bonds. The van der Waals surface area contributed by atoms with E-state index in [4.69, 9.17) is 0 Å². The van der Waals surface area contributed by atoms with Crippen molar-refractivity contribution in [2.24, 2.45) is 0 Å². The zero-order chi connectivity index (χ0) is 10.0. The van der Waals surface area contributed by atoms with Gasteiger partial charge in [0, 0.05) is 0 Å². The monoisotopic (exact) mass is 182 g/mol. The number of benzene rings is 1. The Kier molecular flexibility index (Phi) is 2.56. The molecule has 0 atom stereocenters. The predicted molar refractivity (Wildman–Crippen MR) is 45.6 cm³/mol. The van der Waals surface area contributed by atoms with Crippen LogP contribution in [0.25, 0.3) is 0 Å². The summed E-state index contributed by atoms with van der Waals surface area (Å²) in [4.78, 5) is 11.0. The number of aryl methyl sites for hydroxylation is 1. The van der Waals surface area contributed by atoms with E-state index >= 15 is 0 Å². The molecule has 0 aliphatic heterocycles. The third-order valence-electron chi connectivity index (χ3n) is 1.72. The van der Waals surface area contributed by atoms with Crippen LogP contribution in [0.1, 0.15) is 15.9 Å². The van der Waals surface area contributed by atoms with Crippen LogP contribution in [0.5, 0.6) is 0 Å². The lowest BCUT2D eigenvalue weighted by atomic mass is 10.1. The van der Waals surface area contributed by atoms with E-state index in [-0.39, 0.29) is 5.56 Å². The van der Waals surface area contributed by atoms with Crippen molar-refractivity contribution in [1.29, 1.82) is 0 Å². The fraction of sp³-hybridized carbons (Fsp3) is 0.100. The highest BCUT2D eigenvalue weighted by Gasteiger charge is 2.15. The molecule has 1 rings (SSSR count). The Balaban J connectivity index is 3.41. The molecule has 0 radical (unpaired) electrons. The third kappa shape index (κ3) is 1.64. The Morgan fingerprint density at radius 2 is 2.08 bits per heavy atom. The van der Waals surface area contributed by atoms with Crippen LogP contribution in [-0.4, -0.2) is 5.78 Å². The molecule has 0 fully saturated rings. The summed E-state index contributed by atoms with van der Waals surface area (Å²) in [7, 11) is 0. The number of ketones is 1. The van der Waals surface area contributed by atoms with Crippen molar-refractivity contribution in [3.05, 3.63) is 47.5 Å². The summed E-state index contributed by atoms with van der Waals surface area (Å²) in [6.45, 7) is 4.63. The molecule has 1 aromatic carbocycles. The maximum absolute atomic E-state index is 13.2. The molecule has 0 saturated heterocycles. The number of allylic oxidation sites excluding steroid dienone is 1. The van der Waals surface area contributed by atoms with Gasteiger partial charge in [-0.25, -0.2) is 8.78 Å². The van der Waals surface area contributed by atoms with Crippen molar-refractivity contribution in [3.8, 4) is 0 Å². The highest BCUT2D eigenvalue weighted by Crippen LogP contribution is 2.16. The Morgan fingerprint density at radius 1 is 1.46 bits per heavy atom. The average molecular weight is 182 g/mol. The molecule has 13 heavy (non-hydrogen) atoms. The smallest absolute Gasteiger partial charge is 0.191 e. The molecule has 68 valence electrons. The van der Waals surface area contributed by atoms with Crippen LogP contribution in [0, 0.1) is 18.6 Å². The van der Waals surface area contributed by atoms with Crippen molar-refractivity contribution < 1.29 is 13.6 Å². The Hall–Kier alpha value is -1.51. The van der Waals surface area contributed by atoms with E-state index in [1.807, 2.05) is 0 Å². The van der Waals surface area contributed by atoms with E-state index in [1.54, 1.807) is 0 Å². The van der Waals surface area contributed by atoms with Crippen LogP contribution < -0.4 is 0 Å². The van der Waals surface area contributed by atoms with Crippen molar-refractivity contribution in [1.82, 2.24) is 0 Å². The molecule has 0 saturated carbocycles. The van der Waals surface area contributed by atoms with Crippen LogP contribution in [0.4, 0.5) is 8.78 Å². The molecule has 1 nitrogen and oxygen atoms in total. The van der Waals surface area contributed by atoms with Gasteiger partial charge < -0.3 is 0 Å². The first-order chi connectivity index (χ1) is 6.07. The third-order valence-corrected chi connectivity index (χ3v) is 1.72. The zero-order valence-corrected chi connectivity index (χ0v) is 7.10. The molecule has 0 spiro atoms. The van der Waals surface area contributed by atoms with Gasteiger partial charge in [0.2, 0.25) is 0 Å². The van der Waals surface area contributed by atoms with Gasteiger partial charge >= 0.3 is 0 Å². The molecular formula is C10H8F2O. The molecule has 0 N–H and O–H groups in total. The van der Waals surface area contributed by atoms with E-state index in [9.17, 15) is 13.6 Å². The predicted octanol–water partition coefficient (Wildman–Crippen LogP) is 2.64. The van der Waals surface area contributed by atoms with Crippen LogP contribution in [0.15, 0.2) is 24.8 Å². The van der Waals surface area contributed by atoms with Crippen molar-refractivity contribution in [2.75, 3.05) is 0 Å². The maximum Gasteiger partial charge on any atom is 0.191 e. The Bertz CT molecular complexity index is 369. The molecule has 0 aliphatic rings. The van der Waals surface area contributed by atoms with Gasteiger partial charge in [0.1, 0.15) is 11.6 Å².